The predicted octanol–water partition coefficient (Wildman–Crippen LogP) is 2.18. The van der Waals surface area contributed by atoms with Gasteiger partial charge >= 0.3 is 0 Å². The number of rotatable bonds is 5. The summed E-state index contributed by atoms with van der Waals surface area (Å²) in [5.74, 6) is -0.467. The van der Waals surface area contributed by atoms with Crippen LogP contribution in [0.4, 0.5) is 0 Å². The molecule has 26 heavy (non-hydrogen) atoms. The Kier molecular flexibility index (Phi) is 4.88. The van der Waals surface area contributed by atoms with Crippen LogP contribution in [0.5, 0.6) is 0 Å². The summed E-state index contributed by atoms with van der Waals surface area (Å²) in [6.45, 7) is 9.50. The monoisotopic (exact) mass is 353 g/mol. The number of carbonyl (C=O) groups is 1. The summed E-state index contributed by atoms with van der Waals surface area (Å²) < 4.78 is 3.58. The van der Waals surface area contributed by atoms with Crippen molar-refractivity contribution in [3.8, 4) is 0 Å². The highest BCUT2D eigenvalue weighted by Crippen LogP contribution is 2.13. The fourth-order valence-corrected chi connectivity index (χ4v) is 3.18. The van der Waals surface area contributed by atoms with E-state index >= 15 is 0 Å². The van der Waals surface area contributed by atoms with Crippen LogP contribution in [-0.2, 0) is 19.6 Å². The summed E-state index contributed by atoms with van der Waals surface area (Å²) in [5.41, 5.74) is 3.17. The van der Waals surface area contributed by atoms with Gasteiger partial charge in [0.05, 0.1) is 11.2 Å². The summed E-state index contributed by atoms with van der Waals surface area (Å²) in [7, 11) is 0. The fraction of sp³-hybridized carbons (Fsp3) is 0.368. The van der Waals surface area contributed by atoms with Crippen molar-refractivity contribution in [1.29, 1.82) is 0 Å². The van der Waals surface area contributed by atoms with E-state index in [9.17, 15) is 9.59 Å². The van der Waals surface area contributed by atoms with Gasteiger partial charge in [0, 0.05) is 36.3 Å². The van der Waals surface area contributed by atoms with Crippen molar-refractivity contribution in [1.82, 2.24) is 24.9 Å². The molecule has 1 aromatic carbocycles. The molecule has 3 rings (SSSR count). The van der Waals surface area contributed by atoms with Gasteiger partial charge in [0.2, 0.25) is 5.43 Å². The fourth-order valence-electron chi connectivity index (χ4n) is 3.18. The maximum Gasteiger partial charge on any atom is 0.276 e. The lowest BCUT2D eigenvalue weighted by atomic mass is 10.1. The van der Waals surface area contributed by atoms with Crippen LogP contribution in [0.15, 0.2) is 29.1 Å². The quantitative estimate of drug-likeness (QED) is 0.762. The minimum absolute atomic E-state index is 0.0799. The first-order valence-corrected chi connectivity index (χ1v) is 8.78. The molecule has 0 saturated heterocycles. The van der Waals surface area contributed by atoms with Crippen molar-refractivity contribution in [3.63, 3.8) is 0 Å². The predicted molar refractivity (Wildman–Crippen MR) is 100 cm³/mol. The Morgan fingerprint density at radius 3 is 2.42 bits per heavy atom. The van der Waals surface area contributed by atoms with Gasteiger partial charge in [0.25, 0.3) is 5.91 Å². The van der Waals surface area contributed by atoms with Gasteiger partial charge in [0.15, 0.2) is 5.69 Å². The van der Waals surface area contributed by atoms with Crippen molar-refractivity contribution in [2.45, 2.75) is 47.3 Å². The highest BCUT2D eigenvalue weighted by molar-refractivity contribution is 5.95. The third-order valence-electron chi connectivity index (χ3n) is 4.63. The number of aromatic nitrogens is 4. The number of aryl methyl sites for hydroxylation is 3. The van der Waals surface area contributed by atoms with Crippen LogP contribution >= 0.6 is 0 Å². The molecule has 0 bridgehead atoms. The molecule has 1 amide bonds. The summed E-state index contributed by atoms with van der Waals surface area (Å²) in [4.78, 5) is 25.3. The number of para-hydroxylation sites is 1. The number of amides is 1. The van der Waals surface area contributed by atoms with E-state index in [-0.39, 0.29) is 11.1 Å². The SMILES string of the molecule is CCn1nc(C)c(CNC(=O)c2nn(CC)c3ccccc3c2=O)c1C. The first kappa shape index (κ1) is 17.8. The van der Waals surface area contributed by atoms with Crippen molar-refractivity contribution in [2.75, 3.05) is 0 Å². The molecule has 2 heterocycles. The topological polar surface area (TPSA) is 81.8 Å². The van der Waals surface area contributed by atoms with Crippen molar-refractivity contribution < 1.29 is 4.79 Å². The molecular weight excluding hydrogens is 330 g/mol. The van der Waals surface area contributed by atoms with Crippen molar-refractivity contribution in [2.24, 2.45) is 0 Å². The standard InChI is InChI=1S/C19H23N5O2/c1-5-23-13(4)15(12(3)21-23)11-20-19(26)17-18(25)14-9-7-8-10-16(14)24(6-2)22-17/h7-10H,5-6,11H2,1-4H3,(H,20,26). The van der Waals surface area contributed by atoms with Gasteiger partial charge in [-0.25, -0.2) is 0 Å². The van der Waals surface area contributed by atoms with E-state index in [2.05, 4.69) is 15.5 Å². The molecule has 7 nitrogen and oxygen atoms in total. The first-order valence-electron chi connectivity index (χ1n) is 8.78. The molecule has 0 aliphatic heterocycles. The Morgan fingerprint density at radius 1 is 1.08 bits per heavy atom. The summed E-state index contributed by atoms with van der Waals surface area (Å²) >= 11 is 0. The van der Waals surface area contributed by atoms with E-state index in [1.807, 2.05) is 44.5 Å². The molecule has 0 fully saturated rings. The second-order valence-electron chi connectivity index (χ2n) is 6.16. The lowest BCUT2D eigenvalue weighted by Gasteiger charge is -2.10. The number of nitrogens with one attached hydrogen (secondary N) is 1. The van der Waals surface area contributed by atoms with Gasteiger partial charge in [-0.05, 0) is 39.8 Å². The molecule has 0 aliphatic carbocycles. The third-order valence-corrected chi connectivity index (χ3v) is 4.63. The Labute approximate surface area is 151 Å². The Morgan fingerprint density at radius 2 is 1.77 bits per heavy atom. The Hall–Kier alpha value is -2.96. The number of carbonyl (C=O) groups excluding carboxylic acids is 1. The number of hydrogen-bond donors (Lipinski definition) is 1. The highest BCUT2D eigenvalue weighted by atomic mass is 16.2. The second-order valence-corrected chi connectivity index (χ2v) is 6.16. The average Bonchev–Trinajstić information content (AvgIpc) is 2.93. The maximum atomic E-state index is 12.7. The Bertz CT molecular complexity index is 1030. The normalized spacial score (nSPS) is 11.1. The summed E-state index contributed by atoms with van der Waals surface area (Å²) in [6.07, 6.45) is 0. The van der Waals surface area contributed by atoms with E-state index in [4.69, 9.17) is 0 Å². The smallest absolute Gasteiger partial charge is 0.276 e. The van der Waals surface area contributed by atoms with Crippen LogP contribution in [0.25, 0.3) is 10.9 Å². The van der Waals surface area contributed by atoms with Gasteiger partial charge < -0.3 is 5.32 Å². The van der Waals surface area contributed by atoms with Gasteiger partial charge in [-0.3, -0.25) is 19.0 Å². The van der Waals surface area contributed by atoms with E-state index in [1.54, 1.807) is 16.8 Å². The lowest BCUT2D eigenvalue weighted by Crippen LogP contribution is -2.32. The van der Waals surface area contributed by atoms with Crippen LogP contribution in [0.3, 0.4) is 0 Å². The zero-order valence-electron chi connectivity index (χ0n) is 15.5. The summed E-state index contributed by atoms with van der Waals surface area (Å²) in [5, 5.41) is 12.0. The van der Waals surface area contributed by atoms with E-state index in [0.717, 1.165) is 29.0 Å². The molecule has 0 aliphatic rings. The first-order chi connectivity index (χ1) is 12.5. The van der Waals surface area contributed by atoms with Crippen molar-refractivity contribution in [3.05, 3.63) is 57.1 Å². The number of fused-ring (bicyclic) bond motifs is 1. The van der Waals surface area contributed by atoms with Crippen LogP contribution in [0, 0.1) is 13.8 Å². The number of hydrogen-bond acceptors (Lipinski definition) is 4. The lowest BCUT2D eigenvalue weighted by molar-refractivity contribution is 0.0942. The molecule has 0 unspecified atom stereocenters. The molecule has 7 heteroatoms. The Balaban J connectivity index is 1.93. The average molecular weight is 353 g/mol. The molecule has 1 N–H and O–H groups in total. The molecular formula is C19H23N5O2. The van der Waals surface area contributed by atoms with Crippen molar-refractivity contribution >= 4 is 16.8 Å². The highest BCUT2D eigenvalue weighted by Gasteiger charge is 2.18. The van der Waals surface area contributed by atoms with Crippen LogP contribution in [-0.4, -0.2) is 25.5 Å². The number of nitrogens with zero attached hydrogens (tertiary/aromatic N) is 4. The molecule has 0 radical (unpaired) electrons. The minimum atomic E-state index is -0.467. The zero-order chi connectivity index (χ0) is 18.8. The van der Waals surface area contributed by atoms with Gasteiger partial charge in [0.1, 0.15) is 0 Å². The number of benzene rings is 1. The maximum absolute atomic E-state index is 12.7. The van der Waals surface area contributed by atoms with Crippen LogP contribution < -0.4 is 10.7 Å². The molecule has 2 aromatic heterocycles. The van der Waals surface area contributed by atoms with Gasteiger partial charge in [-0.1, -0.05) is 12.1 Å². The zero-order valence-corrected chi connectivity index (χ0v) is 15.5. The molecule has 136 valence electrons. The second kappa shape index (κ2) is 7.11. The minimum Gasteiger partial charge on any atom is -0.346 e. The van der Waals surface area contributed by atoms with Crippen LogP contribution in [0.1, 0.15) is 41.3 Å². The molecule has 0 atom stereocenters. The third kappa shape index (κ3) is 3.00. The van der Waals surface area contributed by atoms with Crippen LogP contribution in [0.2, 0.25) is 0 Å². The summed E-state index contributed by atoms with van der Waals surface area (Å²) in [6, 6.07) is 7.20. The molecule has 0 saturated carbocycles. The van der Waals surface area contributed by atoms with Gasteiger partial charge in [-0.2, -0.15) is 10.2 Å². The van der Waals surface area contributed by atoms with Gasteiger partial charge in [-0.15, -0.1) is 0 Å². The molecule has 0 spiro atoms. The van der Waals surface area contributed by atoms with E-state index < -0.39 is 5.91 Å². The van der Waals surface area contributed by atoms with E-state index in [1.165, 1.54) is 0 Å². The molecule has 3 aromatic rings. The largest absolute Gasteiger partial charge is 0.346 e. The van der Waals surface area contributed by atoms with E-state index in [0.29, 0.717) is 18.5 Å².